The fourth-order valence-electron chi connectivity index (χ4n) is 2.46. The van der Waals surface area contributed by atoms with Crippen molar-refractivity contribution in [1.29, 1.82) is 0 Å². The first-order valence-corrected chi connectivity index (χ1v) is 9.90. The maximum atomic E-state index is 12.9. The fraction of sp³-hybridized carbons (Fsp3) is 0.316. The van der Waals surface area contributed by atoms with Gasteiger partial charge in [0.2, 0.25) is 9.84 Å². The van der Waals surface area contributed by atoms with E-state index in [-0.39, 0.29) is 21.1 Å². The number of unbranched alkanes of at least 4 members (excludes halogenated alkanes) is 2. The van der Waals surface area contributed by atoms with Crippen LogP contribution < -0.4 is 10.1 Å². The first-order valence-electron chi connectivity index (χ1n) is 8.41. The molecular formula is C19H23NO5S. The van der Waals surface area contributed by atoms with Crippen molar-refractivity contribution in [1.82, 2.24) is 5.32 Å². The Kier molecular flexibility index (Phi) is 7.17. The highest BCUT2D eigenvalue weighted by Crippen LogP contribution is 2.30. The minimum absolute atomic E-state index is 0.0964. The fourth-order valence-corrected chi connectivity index (χ4v) is 3.90. The third-order valence-corrected chi connectivity index (χ3v) is 5.65. The van der Waals surface area contributed by atoms with E-state index in [4.69, 9.17) is 4.74 Å². The zero-order valence-corrected chi connectivity index (χ0v) is 15.5. The molecule has 0 aliphatic carbocycles. The van der Waals surface area contributed by atoms with Gasteiger partial charge in [0.15, 0.2) is 0 Å². The van der Waals surface area contributed by atoms with Crippen molar-refractivity contribution in [3.8, 4) is 5.75 Å². The zero-order valence-electron chi connectivity index (χ0n) is 14.6. The lowest BCUT2D eigenvalue weighted by Gasteiger charge is -2.13. The van der Waals surface area contributed by atoms with E-state index in [2.05, 4.69) is 5.32 Å². The molecule has 0 amide bonds. The van der Waals surface area contributed by atoms with E-state index in [9.17, 15) is 18.3 Å². The summed E-state index contributed by atoms with van der Waals surface area (Å²) in [6.07, 6.45) is 2.75. The van der Waals surface area contributed by atoms with Crippen molar-refractivity contribution < 1.29 is 23.1 Å². The van der Waals surface area contributed by atoms with Crippen LogP contribution in [-0.4, -0.2) is 39.7 Å². The van der Waals surface area contributed by atoms with E-state index in [1.165, 1.54) is 24.3 Å². The number of nitrogens with one attached hydrogen (secondary N) is 1. The summed E-state index contributed by atoms with van der Waals surface area (Å²) in [7, 11) is -1.99. The molecule has 0 spiro atoms. The van der Waals surface area contributed by atoms with Crippen LogP contribution >= 0.6 is 0 Å². The van der Waals surface area contributed by atoms with Gasteiger partial charge in [-0.2, -0.15) is 0 Å². The molecule has 7 heteroatoms. The van der Waals surface area contributed by atoms with Gasteiger partial charge in [-0.3, -0.25) is 0 Å². The molecule has 0 aliphatic rings. The Labute approximate surface area is 153 Å². The Balaban J connectivity index is 2.27. The quantitative estimate of drug-likeness (QED) is 0.619. The van der Waals surface area contributed by atoms with Crippen LogP contribution in [0.5, 0.6) is 5.75 Å². The number of carboxylic acids is 1. The highest BCUT2D eigenvalue weighted by molar-refractivity contribution is 7.91. The molecule has 6 nitrogen and oxygen atoms in total. The van der Waals surface area contributed by atoms with Gasteiger partial charge < -0.3 is 15.2 Å². The number of sulfone groups is 1. The van der Waals surface area contributed by atoms with Crippen LogP contribution in [0.4, 0.5) is 0 Å². The number of carboxylic acid groups (broad SMARTS) is 1. The average Bonchev–Trinajstić information content (AvgIpc) is 2.65. The molecule has 0 radical (unpaired) electrons. The molecule has 26 heavy (non-hydrogen) atoms. The van der Waals surface area contributed by atoms with Gasteiger partial charge in [-0.15, -0.1) is 0 Å². The van der Waals surface area contributed by atoms with E-state index in [0.717, 1.165) is 31.9 Å². The van der Waals surface area contributed by atoms with Gasteiger partial charge in [0.1, 0.15) is 10.6 Å². The lowest BCUT2D eigenvalue weighted by atomic mass is 10.2. The van der Waals surface area contributed by atoms with Crippen LogP contribution in [0.25, 0.3) is 0 Å². The predicted octanol–water partition coefficient (Wildman–Crippen LogP) is 2.99. The van der Waals surface area contributed by atoms with Gasteiger partial charge in [-0.05, 0) is 63.2 Å². The molecule has 0 bridgehead atoms. The largest absolute Gasteiger partial charge is 0.492 e. The molecule has 2 aromatic rings. The van der Waals surface area contributed by atoms with Gasteiger partial charge in [0.25, 0.3) is 0 Å². The van der Waals surface area contributed by atoms with Crippen molar-refractivity contribution in [3.05, 3.63) is 54.1 Å². The summed E-state index contributed by atoms with van der Waals surface area (Å²) in [5.41, 5.74) is -0.0964. The van der Waals surface area contributed by atoms with E-state index in [1.807, 2.05) is 7.05 Å². The van der Waals surface area contributed by atoms with Gasteiger partial charge in [0.05, 0.1) is 17.1 Å². The molecule has 0 saturated carbocycles. The second kappa shape index (κ2) is 9.35. The maximum absolute atomic E-state index is 12.9. The third-order valence-electron chi connectivity index (χ3n) is 3.86. The van der Waals surface area contributed by atoms with E-state index in [0.29, 0.717) is 6.61 Å². The van der Waals surface area contributed by atoms with Crippen LogP contribution in [0.2, 0.25) is 0 Å². The lowest BCUT2D eigenvalue weighted by molar-refractivity contribution is 0.0696. The van der Waals surface area contributed by atoms with E-state index < -0.39 is 15.8 Å². The molecule has 2 rings (SSSR count). The number of hydrogen-bond acceptors (Lipinski definition) is 5. The second-order valence-corrected chi connectivity index (χ2v) is 7.71. The first kappa shape index (κ1) is 19.9. The summed E-state index contributed by atoms with van der Waals surface area (Å²) in [6, 6.07) is 11.8. The minimum Gasteiger partial charge on any atom is -0.492 e. The average molecular weight is 377 g/mol. The summed E-state index contributed by atoms with van der Waals surface area (Å²) in [4.78, 5) is 11.2. The van der Waals surface area contributed by atoms with Crippen molar-refractivity contribution >= 4 is 15.8 Å². The van der Waals surface area contributed by atoms with Crippen LogP contribution in [-0.2, 0) is 9.84 Å². The second-order valence-electron chi connectivity index (χ2n) is 5.80. The minimum atomic E-state index is -3.88. The molecular weight excluding hydrogens is 354 g/mol. The highest BCUT2D eigenvalue weighted by Gasteiger charge is 2.24. The standard InChI is InChI=1S/C19H23NO5S/c1-20-12-6-3-7-13-25-17-11-10-15(19(21)22)14-18(17)26(23,24)16-8-4-2-5-9-16/h2,4-5,8-11,14,20H,3,6-7,12-13H2,1H3,(H,21,22). The molecule has 0 unspecified atom stereocenters. The summed E-state index contributed by atoms with van der Waals surface area (Å²) in [5, 5.41) is 12.3. The predicted molar refractivity (Wildman–Crippen MR) is 98.6 cm³/mol. The van der Waals surface area contributed by atoms with Gasteiger partial charge >= 0.3 is 5.97 Å². The molecule has 0 atom stereocenters. The Morgan fingerprint density at radius 3 is 2.46 bits per heavy atom. The number of carbonyl (C=O) groups is 1. The number of aromatic carboxylic acids is 1. The van der Waals surface area contributed by atoms with Gasteiger partial charge in [0, 0.05) is 0 Å². The van der Waals surface area contributed by atoms with Crippen molar-refractivity contribution in [2.75, 3.05) is 20.2 Å². The van der Waals surface area contributed by atoms with Crippen LogP contribution in [0.15, 0.2) is 58.3 Å². The molecule has 0 fully saturated rings. The van der Waals surface area contributed by atoms with Crippen molar-refractivity contribution in [3.63, 3.8) is 0 Å². The summed E-state index contributed by atoms with van der Waals surface area (Å²) in [5.74, 6) is -1.01. The molecule has 0 aromatic heterocycles. The van der Waals surface area contributed by atoms with Crippen molar-refractivity contribution in [2.24, 2.45) is 0 Å². The van der Waals surface area contributed by atoms with E-state index in [1.54, 1.807) is 18.2 Å². The first-order chi connectivity index (χ1) is 12.5. The number of rotatable bonds is 10. The molecule has 2 N–H and O–H groups in total. The zero-order chi connectivity index (χ0) is 19.0. The highest BCUT2D eigenvalue weighted by atomic mass is 32.2. The molecule has 0 saturated heterocycles. The number of hydrogen-bond donors (Lipinski definition) is 2. The summed E-state index contributed by atoms with van der Waals surface area (Å²) < 4.78 is 31.5. The molecule has 2 aromatic carbocycles. The van der Waals surface area contributed by atoms with Gasteiger partial charge in [-0.25, -0.2) is 13.2 Å². The van der Waals surface area contributed by atoms with Gasteiger partial charge in [-0.1, -0.05) is 18.2 Å². The van der Waals surface area contributed by atoms with E-state index >= 15 is 0 Å². The molecule has 0 heterocycles. The van der Waals surface area contributed by atoms with Crippen LogP contribution in [0.3, 0.4) is 0 Å². The lowest BCUT2D eigenvalue weighted by Crippen LogP contribution is -2.10. The third kappa shape index (κ3) is 5.06. The summed E-state index contributed by atoms with van der Waals surface area (Å²) >= 11 is 0. The SMILES string of the molecule is CNCCCCCOc1ccc(C(=O)O)cc1S(=O)(=O)c1ccccc1. The van der Waals surface area contributed by atoms with Crippen LogP contribution in [0.1, 0.15) is 29.6 Å². The normalized spacial score (nSPS) is 11.3. The topological polar surface area (TPSA) is 92.7 Å². The molecule has 0 aliphatic heterocycles. The monoisotopic (exact) mass is 377 g/mol. The Hall–Kier alpha value is -2.38. The maximum Gasteiger partial charge on any atom is 0.335 e. The van der Waals surface area contributed by atoms with Crippen molar-refractivity contribution in [2.45, 2.75) is 29.1 Å². The van der Waals surface area contributed by atoms with Crippen LogP contribution in [0, 0.1) is 0 Å². The Morgan fingerprint density at radius 1 is 1.08 bits per heavy atom. The number of ether oxygens (including phenoxy) is 1. The Bertz CT molecular complexity index is 834. The molecule has 140 valence electrons. The Morgan fingerprint density at radius 2 is 1.81 bits per heavy atom. The smallest absolute Gasteiger partial charge is 0.335 e. The summed E-state index contributed by atoms with van der Waals surface area (Å²) in [6.45, 7) is 1.29. The number of benzene rings is 2.